The summed E-state index contributed by atoms with van der Waals surface area (Å²) in [7, 11) is 0. The predicted molar refractivity (Wildman–Crippen MR) is 92.3 cm³/mol. The molecule has 1 aliphatic rings. The molecule has 1 aromatic carbocycles. The van der Waals surface area contributed by atoms with Crippen LogP contribution in [0, 0.1) is 0 Å². The van der Waals surface area contributed by atoms with Gasteiger partial charge in [-0.15, -0.1) is 24.0 Å². The van der Waals surface area contributed by atoms with Crippen molar-refractivity contribution >= 4 is 29.9 Å². The Bertz CT molecular complexity index is 365. The van der Waals surface area contributed by atoms with Crippen LogP contribution in [0.4, 0.5) is 0 Å². The Hall–Kier alpha value is -0.780. The van der Waals surface area contributed by atoms with E-state index in [9.17, 15) is 0 Å². The Labute approximate surface area is 133 Å². The summed E-state index contributed by atoms with van der Waals surface area (Å²) in [5.41, 5.74) is 1.45. The summed E-state index contributed by atoms with van der Waals surface area (Å²) in [6, 6.07) is 10.7. The number of unbranched alkanes of at least 4 members (excludes halogenated alkanes) is 2. The van der Waals surface area contributed by atoms with Gasteiger partial charge in [-0.3, -0.25) is 4.99 Å². The average molecular weight is 373 g/mol. The molecule has 0 radical (unpaired) electrons. The Morgan fingerprint density at radius 1 is 1.11 bits per heavy atom. The zero-order valence-electron chi connectivity index (χ0n) is 11.4. The van der Waals surface area contributed by atoms with E-state index in [4.69, 9.17) is 0 Å². The molecule has 0 aromatic heterocycles. The van der Waals surface area contributed by atoms with Gasteiger partial charge in [0.2, 0.25) is 0 Å². The third-order valence-electron chi connectivity index (χ3n) is 3.17. The van der Waals surface area contributed by atoms with E-state index >= 15 is 0 Å². The first-order valence-corrected chi connectivity index (χ1v) is 7.01. The first-order chi connectivity index (χ1) is 8.95. The molecular formula is C15H24IN3. The summed E-state index contributed by atoms with van der Waals surface area (Å²) >= 11 is 0. The van der Waals surface area contributed by atoms with Gasteiger partial charge >= 0.3 is 0 Å². The summed E-state index contributed by atoms with van der Waals surface area (Å²) in [4.78, 5) is 4.39. The second-order valence-electron chi connectivity index (χ2n) is 4.73. The second kappa shape index (κ2) is 10.1. The van der Waals surface area contributed by atoms with Crippen molar-refractivity contribution in [1.82, 2.24) is 10.6 Å². The fourth-order valence-electron chi connectivity index (χ4n) is 2.13. The number of rotatable bonds is 6. The highest BCUT2D eigenvalue weighted by molar-refractivity contribution is 14.0. The van der Waals surface area contributed by atoms with Gasteiger partial charge in [-0.05, 0) is 31.2 Å². The third kappa shape index (κ3) is 6.80. The Balaban J connectivity index is 0.00000180. The Morgan fingerprint density at radius 2 is 1.95 bits per heavy atom. The highest BCUT2D eigenvalue weighted by atomic mass is 127. The molecule has 106 valence electrons. The van der Waals surface area contributed by atoms with Crippen LogP contribution in [0.1, 0.15) is 31.2 Å². The minimum absolute atomic E-state index is 0. The van der Waals surface area contributed by atoms with Gasteiger partial charge in [0.05, 0.1) is 0 Å². The molecule has 2 N–H and O–H groups in total. The van der Waals surface area contributed by atoms with Crippen LogP contribution in [0.5, 0.6) is 0 Å². The van der Waals surface area contributed by atoms with Crippen LogP contribution in [0.3, 0.4) is 0 Å². The highest BCUT2D eigenvalue weighted by Gasteiger charge is 2.01. The minimum atomic E-state index is 0. The topological polar surface area (TPSA) is 36.4 Å². The number of benzene rings is 1. The summed E-state index contributed by atoms with van der Waals surface area (Å²) < 4.78 is 0. The third-order valence-corrected chi connectivity index (χ3v) is 3.17. The van der Waals surface area contributed by atoms with Crippen LogP contribution in [0.2, 0.25) is 0 Å². The Kier molecular flexibility index (Phi) is 8.62. The van der Waals surface area contributed by atoms with Crippen LogP contribution < -0.4 is 10.6 Å². The SMILES string of the molecule is I.c1ccc(CCCCCNC2=NCCCN2)cc1. The first kappa shape index (κ1) is 16.3. The molecule has 4 heteroatoms. The monoisotopic (exact) mass is 373 g/mol. The maximum Gasteiger partial charge on any atom is 0.191 e. The maximum absolute atomic E-state index is 4.39. The van der Waals surface area contributed by atoms with E-state index in [2.05, 4.69) is 46.0 Å². The van der Waals surface area contributed by atoms with E-state index in [1.165, 1.54) is 31.2 Å². The molecule has 19 heavy (non-hydrogen) atoms. The number of hydrogen-bond acceptors (Lipinski definition) is 3. The number of aryl methyl sites for hydroxylation is 1. The van der Waals surface area contributed by atoms with Gasteiger partial charge in [-0.1, -0.05) is 36.8 Å². The maximum atomic E-state index is 4.39. The summed E-state index contributed by atoms with van der Waals surface area (Å²) in [5, 5.41) is 6.63. The lowest BCUT2D eigenvalue weighted by molar-refractivity contribution is 0.642. The van der Waals surface area contributed by atoms with E-state index < -0.39 is 0 Å². The van der Waals surface area contributed by atoms with Gasteiger partial charge in [-0.25, -0.2) is 0 Å². The lowest BCUT2D eigenvalue weighted by Gasteiger charge is -2.15. The lowest BCUT2D eigenvalue weighted by atomic mass is 10.1. The van der Waals surface area contributed by atoms with E-state index in [1.807, 2.05) is 0 Å². The van der Waals surface area contributed by atoms with Crippen LogP contribution in [-0.2, 0) is 6.42 Å². The summed E-state index contributed by atoms with van der Waals surface area (Å²) in [6.45, 7) is 3.05. The molecule has 2 rings (SSSR count). The molecule has 0 aliphatic carbocycles. The van der Waals surface area contributed by atoms with E-state index in [-0.39, 0.29) is 24.0 Å². The van der Waals surface area contributed by atoms with Crippen LogP contribution in [-0.4, -0.2) is 25.6 Å². The largest absolute Gasteiger partial charge is 0.356 e. The summed E-state index contributed by atoms with van der Waals surface area (Å²) in [6.07, 6.45) is 6.11. The molecule has 0 unspecified atom stereocenters. The van der Waals surface area contributed by atoms with Crippen molar-refractivity contribution in [2.45, 2.75) is 32.1 Å². The number of nitrogens with zero attached hydrogens (tertiary/aromatic N) is 1. The molecule has 0 atom stereocenters. The van der Waals surface area contributed by atoms with Gasteiger partial charge in [-0.2, -0.15) is 0 Å². The van der Waals surface area contributed by atoms with Gasteiger partial charge in [0, 0.05) is 19.6 Å². The van der Waals surface area contributed by atoms with Crippen molar-refractivity contribution in [3.63, 3.8) is 0 Å². The predicted octanol–water partition coefficient (Wildman–Crippen LogP) is 2.96. The molecule has 3 nitrogen and oxygen atoms in total. The molecule has 0 bridgehead atoms. The first-order valence-electron chi connectivity index (χ1n) is 7.01. The van der Waals surface area contributed by atoms with Crippen molar-refractivity contribution in [3.05, 3.63) is 35.9 Å². The number of aliphatic imine (C=N–C) groups is 1. The summed E-state index contributed by atoms with van der Waals surface area (Å²) in [5.74, 6) is 0.990. The minimum Gasteiger partial charge on any atom is -0.356 e. The average Bonchev–Trinajstić information content (AvgIpc) is 2.45. The highest BCUT2D eigenvalue weighted by Crippen LogP contribution is 2.05. The number of hydrogen-bond donors (Lipinski definition) is 2. The molecule has 1 aromatic rings. The normalized spacial score (nSPS) is 14.0. The number of nitrogens with one attached hydrogen (secondary N) is 2. The number of guanidine groups is 1. The second-order valence-corrected chi connectivity index (χ2v) is 4.73. The van der Waals surface area contributed by atoms with Gasteiger partial charge in [0.15, 0.2) is 5.96 Å². The van der Waals surface area contributed by atoms with E-state index in [1.54, 1.807) is 0 Å². The number of halogens is 1. The van der Waals surface area contributed by atoms with Gasteiger partial charge in [0.25, 0.3) is 0 Å². The zero-order chi connectivity index (χ0) is 12.5. The van der Waals surface area contributed by atoms with Crippen LogP contribution in [0.15, 0.2) is 35.3 Å². The molecule has 0 amide bonds. The van der Waals surface area contributed by atoms with Crippen molar-refractivity contribution in [1.29, 1.82) is 0 Å². The lowest BCUT2D eigenvalue weighted by Crippen LogP contribution is -2.41. The molecule has 0 fully saturated rings. The van der Waals surface area contributed by atoms with Crippen molar-refractivity contribution < 1.29 is 0 Å². The quantitative estimate of drug-likeness (QED) is 0.594. The van der Waals surface area contributed by atoms with Crippen molar-refractivity contribution in [3.8, 4) is 0 Å². The van der Waals surface area contributed by atoms with E-state index in [0.29, 0.717) is 0 Å². The molecule has 1 heterocycles. The molecule has 0 saturated carbocycles. The molecule has 0 saturated heterocycles. The zero-order valence-corrected chi connectivity index (χ0v) is 13.7. The van der Waals surface area contributed by atoms with Crippen molar-refractivity contribution in [2.75, 3.05) is 19.6 Å². The van der Waals surface area contributed by atoms with Gasteiger partial charge < -0.3 is 10.6 Å². The molecule has 1 aliphatic heterocycles. The fourth-order valence-corrected chi connectivity index (χ4v) is 2.13. The molecular weight excluding hydrogens is 349 g/mol. The van der Waals surface area contributed by atoms with Crippen LogP contribution >= 0.6 is 24.0 Å². The fraction of sp³-hybridized carbons (Fsp3) is 0.533. The standard InChI is InChI=1S/C15H23N3.HI/c1-3-8-14(9-4-1)10-5-2-6-11-16-15-17-12-7-13-18-15;/h1,3-4,8-9H,2,5-7,10-13H2,(H2,16,17,18);1H. The Morgan fingerprint density at radius 3 is 2.68 bits per heavy atom. The van der Waals surface area contributed by atoms with Crippen LogP contribution in [0.25, 0.3) is 0 Å². The van der Waals surface area contributed by atoms with Crippen molar-refractivity contribution in [2.24, 2.45) is 4.99 Å². The van der Waals surface area contributed by atoms with E-state index in [0.717, 1.165) is 32.0 Å². The smallest absolute Gasteiger partial charge is 0.191 e. The molecule has 0 spiro atoms. The van der Waals surface area contributed by atoms with Gasteiger partial charge in [0.1, 0.15) is 0 Å².